The van der Waals surface area contributed by atoms with E-state index in [9.17, 15) is 0 Å². The molecule has 0 N–H and O–H groups in total. The number of hydrogen-bond donors (Lipinski definition) is 0. The van der Waals surface area contributed by atoms with E-state index in [0.29, 0.717) is 0 Å². The minimum absolute atomic E-state index is 0.884. The zero-order valence-electron chi connectivity index (χ0n) is 26.8. The van der Waals surface area contributed by atoms with Crippen LogP contribution < -0.4 is 4.74 Å². The van der Waals surface area contributed by atoms with Crippen LogP contribution in [-0.2, 0) is 0 Å². The fourth-order valence-electron chi connectivity index (χ4n) is 8.83. The van der Waals surface area contributed by atoms with E-state index in [1.807, 2.05) is 12.1 Å². The largest absolute Gasteiger partial charge is 0.456 e. The van der Waals surface area contributed by atoms with Gasteiger partial charge in [-0.2, -0.15) is 0 Å². The third-order valence-corrected chi connectivity index (χ3v) is 11.0. The van der Waals surface area contributed by atoms with Crippen LogP contribution in [0.4, 0.5) is 0 Å². The summed E-state index contributed by atoms with van der Waals surface area (Å²) in [5, 5.41) is 14.5. The van der Waals surface area contributed by atoms with Gasteiger partial charge in [0.1, 0.15) is 22.7 Å². The average Bonchev–Trinajstić information content (AvgIpc) is 3.58. The Kier molecular flexibility index (Phi) is 5.00. The third-order valence-electron chi connectivity index (χ3n) is 11.0. The van der Waals surface area contributed by atoms with Crippen molar-refractivity contribution in [2.75, 3.05) is 0 Å². The van der Waals surface area contributed by atoms with Gasteiger partial charge in [-0.15, -0.1) is 0 Å². The van der Waals surface area contributed by atoms with E-state index in [-0.39, 0.29) is 0 Å². The summed E-state index contributed by atoms with van der Waals surface area (Å²) in [4.78, 5) is 0. The molecule has 12 rings (SSSR count). The molecule has 1 aromatic heterocycles. The van der Waals surface area contributed by atoms with E-state index in [1.165, 1.54) is 54.4 Å². The van der Waals surface area contributed by atoms with Crippen molar-refractivity contribution in [3.05, 3.63) is 158 Å². The Bertz CT molecular complexity index is 3220. The Morgan fingerprint density at radius 2 is 0.840 bits per heavy atom. The van der Waals surface area contributed by atoms with Gasteiger partial charge in [-0.25, -0.2) is 0 Å². The molecule has 11 aromatic rings. The summed E-state index contributed by atoms with van der Waals surface area (Å²) in [6, 6.07) is 57.0. The summed E-state index contributed by atoms with van der Waals surface area (Å²) in [7, 11) is 0. The molecule has 2 nitrogen and oxygen atoms in total. The van der Waals surface area contributed by atoms with E-state index in [2.05, 4.69) is 146 Å². The summed E-state index contributed by atoms with van der Waals surface area (Å²) in [5.74, 6) is 1.78. The SMILES string of the molecule is c1ccc2c(c1)Oc1ccc(-c3ccc(-c4ccc5ccc6cccc7ccc4c5c67)c4c3oc3c5ccccc5ccc34)c3cccc-2c13. The first-order valence-corrected chi connectivity index (χ1v) is 17.2. The summed E-state index contributed by atoms with van der Waals surface area (Å²) < 4.78 is 13.6. The highest BCUT2D eigenvalue weighted by Gasteiger charge is 2.25. The maximum absolute atomic E-state index is 7.11. The minimum atomic E-state index is 0.884. The fraction of sp³-hybridized carbons (Fsp3) is 0. The van der Waals surface area contributed by atoms with E-state index >= 15 is 0 Å². The lowest BCUT2D eigenvalue weighted by Crippen LogP contribution is -1.97. The number of para-hydroxylation sites is 1. The highest BCUT2D eigenvalue weighted by atomic mass is 16.5. The summed E-state index contributed by atoms with van der Waals surface area (Å²) in [6.45, 7) is 0. The van der Waals surface area contributed by atoms with Crippen LogP contribution in [0.5, 0.6) is 11.5 Å². The first-order valence-electron chi connectivity index (χ1n) is 17.2. The molecule has 0 saturated heterocycles. The van der Waals surface area contributed by atoms with Gasteiger partial charge in [0.15, 0.2) is 0 Å². The Morgan fingerprint density at radius 3 is 1.78 bits per heavy atom. The van der Waals surface area contributed by atoms with Gasteiger partial charge in [0.05, 0.1) is 0 Å². The molecule has 0 aliphatic carbocycles. The molecule has 0 radical (unpaired) electrons. The second kappa shape index (κ2) is 9.49. The van der Waals surface area contributed by atoms with Crippen LogP contribution in [0.25, 0.3) is 109 Å². The van der Waals surface area contributed by atoms with Gasteiger partial charge in [-0.1, -0.05) is 127 Å². The zero-order chi connectivity index (χ0) is 32.5. The molecule has 230 valence electrons. The van der Waals surface area contributed by atoms with Gasteiger partial charge in [0, 0.05) is 32.7 Å². The Morgan fingerprint density at radius 1 is 0.260 bits per heavy atom. The molecule has 10 aromatic carbocycles. The molecule has 0 bridgehead atoms. The summed E-state index contributed by atoms with van der Waals surface area (Å²) in [5.41, 5.74) is 8.72. The maximum atomic E-state index is 7.11. The van der Waals surface area contributed by atoms with Gasteiger partial charge in [-0.05, 0) is 95.7 Å². The van der Waals surface area contributed by atoms with Crippen molar-refractivity contribution in [1.29, 1.82) is 0 Å². The van der Waals surface area contributed by atoms with Crippen LogP contribution in [0, 0.1) is 0 Å². The van der Waals surface area contributed by atoms with Crippen LogP contribution in [0.1, 0.15) is 0 Å². The van der Waals surface area contributed by atoms with Crippen molar-refractivity contribution in [1.82, 2.24) is 0 Å². The number of ether oxygens (including phenoxy) is 1. The van der Waals surface area contributed by atoms with Gasteiger partial charge in [0.2, 0.25) is 0 Å². The first kappa shape index (κ1) is 26.3. The Hall–Kier alpha value is -6.64. The van der Waals surface area contributed by atoms with Crippen molar-refractivity contribution in [3.8, 4) is 44.9 Å². The van der Waals surface area contributed by atoms with Gasteiger partial charge < -0.3 is 9.15 Å². The molecule has 2 heterocycles. The van der Waals surface area contributed by atoms with Crippen molar-refractivity contribution in [2.24, 2.45) is 0 Å². The predicted octanol–water partition coefficient (Wildman–Crippen LogP) is 13.9. The lowest BCUT2D eigenvalue weighted by molar-refractivity contribution is 0.487. The molecule has 2 heteroatoms. The molecule has 0 fully saturated rings. The lowest BCUT2D eigenvalue weighted by atomic mass is 9.86. The number of benzene rings is 10. The fourth-order valence-corrected chi connectivity index (χ4v) is 8.83. The molecule has 0 saturated carbocycles. The lowest BCUT2D eigenvalue weighted by Gasteiger charge is -2.22. The molecule has 0 atom stereocenters. The number of fused-ring (bicyclic) bond motifs is 7. The smallest absolute Gasteiger partial charge is 0.143 e. The van der Waals surface area contributed by atoms with Crippen molar-refractivity contribution in [3.63, 3.8) is 0 Å². The standard InChI is InChI=1S/C48H26O2/c1-2-10-31-27(7-1)17-22-40-46-38(32-20-18-30-16-15-28-8-5-9-29-19-21-37(32)44(30)43(28)29)23-24-39(48(46)50-47(31)40)33-25-26-42-45-35(33)12-6-13-36(45)34-11-3-4-14-41(34)49-42/h1-26H. The van der Waals surface area contributed by atoms with Crippen LogP contribution in [0.15, 0.2) is 162 Å². The molecule has 0 spiro atoms. The average molecular weight is 635 g/mol. The predicted molar refractivity (Wildman–Crippen MR) is 209 cm³/mol. The molecule has 0 amide bonds. The highest BCUT2D eigenvalue weighted by molar-refractivity contribution is 6.28. The molecule has 50 heavy (non-hydrogen) atoms. The zero-order valence-corrected chi connectivity index (χ0v) is 26.8. The van der Waals surface area contributed by atoms with Crippen LogP contribution in [0.3, 0.4) is 0 Å². The first-order chi connectivity index (χ1) is 24.8. The number of furan rings is 1. The van der Waals surface area contributed by atoms with Crippen molar-refractivity contribution >= 4 is 75.8 Å². The Labute approximate surface area is 286 Å². The van der Waals surface area contributed by atoms with E-state index < -0.39 is 0 Å². The van der Waals surface area contributed by atoms with Gasteiger partial charge >= 0.3 is 0 Å². The van der Waals surface area contributed by atoms with Crippen molar-refractivity contribution < 1.29 is 9.15 Å². The van der Waals surface area contributed by atoms with Crippen molar-refractivity contribution in [2.45, 2.75) is 0 Å². The third kappa shape index (κ3) is 3.37. The number of rotatable bonds is 2. The van der Waals surface area contributed by atoms with Crippen LogP contribution in [-0.4, -0.2) is 0 Å². The monoisotopic (exact) mass is 634 g/mol. The summed E-state index contributed by atoms with van der Waals surface area (Å²) in [6.07, 6.45) is 0. The molecule has 1 aliphatic rings. The number of hydrogen-bond acceptors (Lipinski definition) is 2. The van der Waals surface area contributed by atoms with Crippen LogP contribution >= 0.6 is 0 Å². The second-order valence-corrected chi connectivity index (χ2v) is 13.5. The molecule has 0 unspecified atom stereocenters. The molecular formula is C48H26O2. The maximum Gasteiger partial charge on any atom is 0.143 e. The summed E-state index contributed by atoms with van der Waals surface area (Å²) >= 11 is 0. The van der Waals surface area contributed by atoms with E-state index in [1.54, 1.807) is 0 Å². The quantitative estimate of drug-likeness (QED) is 0.177. The van der Waals surface area contributed by atoms with Gasteiger partial charge in [-0.3, -0.25) is 0 Å². The molecule has 1 aliphatic heterocycles. The minimum Gasteiger partial charge on any atom is -0.456 e. The van der Waals surface area contributed by atoms with Gasteiger partial charge in [0.25, 0.3) is 0 Å². The highest BCUT2D eigenvalue weighted by Crippen LogP contribution is 2.51. The Balaban J connectivity index is 1.20. The van der Waals surface area contributed by atoms with E-state index in [0.717, 1.165) is 66.3 Å². The second-order valence-electron chi connectivity index (χ2n) is 13.5. The topological polar surface area (TPSA) is 22.4 Å². The normalized spacial score (nSPS) is 12.6. The van der Waals surface area contributed by atoms with Crippen LogP contribution in [0.2, 0.25) is 0 Å². The molecular weight excluding hydrogens is 609 g/mol. The van der Waals surface area contributed by atoms with E-state index in [4.69, 9.17) is 9.15 Å².